The van der Waals surface area contributed by atoms with Crippen LogP contribution in [-0.4, -0.2) is 29.1 Å². The minimum Gasteiger partial charge on any atom is -0.464 e. The normalized spacial score (nSPS) is 11.0. The van der Waals surface area contributed by atoms with Crippen molar-refractivity contribution in [2.24, 2.45) is 0 Å². The first-order valence-corrected chi connectivity index (χ1v) is 4.13. The van der Waals surface area contributed by atoms with Crippen molar-refractivity contribution in [3.63, 3.8) is 0 Å². The van der Waals surface area contributed by atoms with Gasteiger partial charge in [0.05, 0.1) is 11.9 Å². The fourth-order valence-electron chi connectivity index (χ4n) is 0.263. The van der Waals surface area contributed by atoms with Gasteiger partial charge in [0.2, 0.25) is 0 Å². The summed E-state index contributed by atoms with van der Waals surface area (Å²) >= 11 is 9.53. The average molecular weight is 203 g/mol. The Hall–Kier alpha value is 0.01000. The van der Waals surface area contributed by atoms with Gasteiger partial charge in [-0.25, -0.2) is 4.79 Å². The van der Waals surface area contributed by atoms with Gasteiger partial charge in [-0.15, -0.1) is 23.2 Å². The van der Waals surface area contributed by atoms with Gasteiger partial charge < -0.3 is 9.84 Å². The summed E-state index contributed by atoms with van der Waals surface area (Å²) in [4.78, 5) is 10.3. The highest BCUT2D eigenvalue weighted by Crippen LogP contribution is 1.84. The number of hydrogen-bond donors (Lipinski definition) is 1. The fourth-order valence-corrected chi connectivity index (χ4v) is 0.263. The minimum absolute atomic E-state index is 0.194. The number of esters is 1. The first kappa shape index (κ1) is 13.6. The number of hydrogen-bond acceptors (Lipinski definition) is 3. The van der Waals surface area contributed by atoms with E-state index in [1.54, 1.807) is 6.92 Å². The summed E-state index contributed by atoms with van der Waals surface area (Å²) in [6, 6.07) is 0. The summed E-state index contributed by atoms with van der Waals surface area (Å²) in [6.07, 6.45) is -0.991. The Bertz CT molecular complexity index is 95.8. The van der Waals surface area contributed by atoms with Crippen molar-refractivity contribution in [3.8, 4) is 0 Å². The van der Waals surface area contributed by atoms with E-state index in [-0.39, 0.29) is 5.34 Å². The fraction of sp³-hybridized carbons (Fsp3) is 0.833. The molecule has 0 amide bonds. The molecule has 5 heteroatoms. The number of aliphatic hydroxyl groups is 1. The molecule has 1 unspecified atom stereocenters. The molecule has 0 saturated carbocycles. The first-order valence-electron chi connectivity index (χ1n) is 3.06. The van der Waals surface area contributed by atoms with Crippen molar-refractivity contribution >= 4 is 29.2 Å². The zero-order valence-electron chi connectivity index (χ0n) is 6.51. The molecular formula is C6H12Cl2O3. The van der Waals surface area contributed by atoms with Crippen LogP contribution in [0.2, 0.25) is 0 Å². The second-order valence-electron chi connectivity index (χ2n) is 1.53. The van der Waals surface area contributed by atoms with Crippen LogP contribution < -0.4 is 0 Å². The highest BCUT2D eigenvalue weighted by molar-refractivity contribution is 6.40. The molecule has 0 aromatic heterocycles. The molecule has 11 heavy (non-hydrogen) atoms. The number of halogens is 2. The smallest absolute Gasteiger partial charge is 0.334 e. The Kier molecular flexibility index (Phi) is 12.4. The van der Waals surface area contributed by atoms with Crippen molar-refractivity contribution < 1.29 is 14.6 Å². The van der Waals surface area contributed by atoms with Crippen LogP contribution in [-0.2, 0) is 9.53 Å². The zero-order valence-corrected chi connectivity index (χ0v) is 8.02. The molecule has 0 aliphatic heterocycles. The van der Waals surface area contributed by atoms with E-state index >= 15 is 0 Å². The molecule has 68 valence electrons. The average Bonchev–Trinajstić information content (AvgIpc) is 1.90. The van der Waals surface area contributed by atoms with Gasteiger partial charge in [-0.3, -0.25) is 0 Å². The molecule has 3 nitrogen and oxygen atoms in total. The third-order valence-corrected chi connectivity index (χ3v) is 0.628. The molecule has 0 rings (SSSR count). The van der Waals surface area contributed by atoms with Gasteiger partial charge in [-0.05, 0) is 13.8 Å². The monoisotopic (exact) mass is 202 g/mol. The maximum absolute atomic E-state index is 10.3. The van der Waals surface area contributed by atoms with Crippen LogP contribution in [0.15, 0.2) is 0 Å². The summed E-state index contributed by atoms with van der Waals surface area (Å²) in [6.45, 7) is 3.39. The van der Waals surface area contributed by atoms with Crippen LogP contribution in [0.25, 0.3) is 0 Å². The Morgan fingerprint density at radius 2 is 2.00 bits per heavy atom. The Morgan fingerprint density at radius 3 is 2.09 bits per heavy atom. The molecule has 1 atom stereocenters. The van der Waals surface area contributed by atoms with E-state index in [1.807, 2.05) is 0 Å². The predicted octanol–water partition coefficient (Wildman–Crippen LogP) is 1.35. The molecule has 0 heterocycles. The van der Waals surface area contributed by atoms with Gasteiger partial charge in [0, 0.05) is 0 Å². The molecule has 0 aromatic carbocycles. The van der Waals surface area contributed by atoms with E-state index in [9.17, 15) is 4.79 Å². The zero-order chi connectivity index (χ0) is 9.28. The van der Waals surface area contributed by atoms with Crippen LogP contribution in [0, 0.1) is 0 Å². The predicted molar refractivity (Wildman–Crippen MR) is 44.9 cm³/mol. The van der Waals surface area contributed by atoms with Gasteiger partial charge in [-0.1, -0.05) is 0 Å². The quantitative estimate of drug-likeness (QED) is 0.544. The van der Waals surface area contributed by atoms with Gasteiger partial charge in [0.1, 0.15) is 6.10 Å². The third kappa shape index (κ3) is 13.1. The molecule has 0 saturated heterocycles. The van der Waals surface area contributed by atoms with Crippen molar-refractivity contribution in [3.05, 3.63) is 0 Å². The maximum Gasteiger partial charge on any atom is 0.334 e. The SMILES string of the molecule is CCOC(=O)C(C)O.ClCCl. The number of carbonyl (C=O) groups is 1. The van der Waals surface area contributed by atoms with Crippen LogP contribution in [0.1, 0.15) is 13.8 Å². The Labute approximate surface area is 76.2 Å². The lowest BCUT2D eigenvalue weighted by atomic mass is 10.4. The van der Waals surface area contributed by atoms with Crippen LogP contribution >= 0.6 is 23.2 Å². The van der Waals surface area contributed by atoms with Gasteiger partial charge in [0.25, 0.3) is 0 Å². The topological polar surface area (TPSA) is 46.5 Å². The summed E-state index contributed by atoms with van der Waals surface area (Å²) in [5.41, 5.74) is 0. The highest BCUT2D eigenvalue weighted by atomic mass is 35.5. The Balaban J connectivity index is 0. The number of aliphatic hydroxyl groups excluding tert-OH is 1. The molecule has 0 aliphatic rings. The number of rotatable bonds is 2. The van der Waals surface area contributed by atoms with Crippen LogP contribution in [0.5, 0.6) is 0 Å². The lowest BCUT2D eigenvalue weighted by molar-refractivity contribution is -0.151. The first-order chi connectivity index (χ1) is 5.09. The second kappa shape index (κ2) is 10.0. The van der Waals surface area contributed by atoms with Gasteiger partial charge in [0.15, 0.2) is 0 Å². The van der Waals surface area contributed by atoms with Crippen molar-refractivity contribution in [2.45, 2.75) is 20.0 Å². The van der Waals surface area contributed by atoms with Crippen LogP contribution in [0.4, 0.5) is 0 Å². The number of carbonyl (C=O) groups excluding carboxylic acids is 1. The molecule has 0 aromatic rings. The van der Waals surface area contributed by atoms with Crippen LogP contribution in [0.3, 0.4) is 0 Å². The van der Waals surface area contributed by atoms with E-state index in [4.69, 9.17) is 28.3 Å². The van der Waals surface area contributed by atoms with E-state index in [0.717, 1.165) is 0 Å². The highest BCUT2D eigenvalue weighted by Gasteiger charge is 2.07. The molecule has 0 aliphatic carbocycles. The van der Waals surface area contributed by atoms with Crippen molar-refractivity contribution in [2.75, 3.05) is 11.9 Å². The maximum atomic E-state index is 10.3. The lowest BCUT2D eigenvalue weighted by Gasteiger charge is -2.01. The molecule has 1 N–H and O–H groups in total. The molecule has 0 spiro atoms. The standard InChI is InChI=1S/C5H10O3.CH2Cl2/c1-3-8-5(7)4(2)6;2-1-3/h4,6H,3H2,1-2H3;1H2. The van der Waals surface area contributed by atoms with Crippen molar-refractivity contribution in [1.29, 1.82) is 0 Å². The van der Waals surface area contributed by atoms with E-state index in [0.29, 0.717) is 6.61 Å². The largest absolute Gasteiger partial charge is 0.464 e. The Morgan fingerprint density at radius 1 is 1.64 bits per heavy atom. The third-order valence-electron chi connectivity index (χ3n) is 0.628. The van der Waals surface area contributed by atoms with Gasteiger partial charge >= 0.3 is 5.97 Å². The molecular weight excluding hydrogens is 191 g/mol. The summed E-state index contributed by atoms with van der Waals surface area (Å²) in [5, 5.41) is 8.67. The lowest BCUT2D eigenvalue weighted by Crippen LogP contribution is -2.18. The summed E-state index contributed by atoms with van der Waals surface area (Å²) in [7, 11) is 0. The van der Waals surface area contributed by atoms with E-state index in [1.165, 1.54) is 6.92 Å². The molecule has 0 fully saturated rings. The summed E-state index contributed by atoms with van der Waals surface area (Å²) < 4.78 is 4.41. The van der Waals surface area contributed by atoms with E-state index in [2.05, 4.69) is 4.74 Å². The molecule has 0 bridgehead atoms. The number of ether oxygens (including phenoxy) is 1. The van der Waals surface area contributed by atoms with E-state index < -0.39 is 12.1 Å². The summed E-state index contributed by atoms with van der Waals surface area (Å²) in [5.74, 6) is -0.562. The number of alkyl halides is 2. The molecule has 0 radical (unpaired) electrons. The minimum atomic E-state index is -0.991. The van der Waals surface area contributed by atoms with Gasteiger partial charge in [-0.2, -0.15) is 0 Å². The van der Waals surface area contributed by atoms with Crippen molar-refractivity contribution in [1.82, 2.24) is 0 Å². The second-order valence-corrected chi connectivity index (χ2v) is 2.34.